The zero-order chi connectivity index (χ0) is 27.9. The molecule has 1 N–H and O–H groups in total. The van der Waals surface area contributed by atoms with E-state index >= 15 is 0 Å². The molecule has 3 atom stereocenters. The average molecular weight is 545 g/mol. The van der Waals surface area contributed by atoms with Crippen molar-refractivity contribution < 1.29 is 19.5 Å². The number of allylic oxidation sites excluding steroid dienone is 2. The van der Waals surface area contributed by atoms with Gasteiger partial charge in [-0.1, -0.05) is 66.3 Å². The van der Waals surface area contributed by atoms with E-state index < -0.39 is 17.7 Å². The smallest absolute Gasteiger partial charge is 0.664 e. The van der Waals surface area contributed by atoms with E-state index in [4.69, 9.17) is 20.3 Å². The van der Waals surface area contributed by atoms with E-state index in [2.05, 4.69) is 6.92 Å². The summed E-state index contributed by atoms with van der Waals surface area (Å²) >= 11 is 0. The standard InChI is InChI=1S/C31H30N4O4.Mg/c1-7-17-14(4)22-8-19-12(2)13(3)20(32-19)10-24-18(11-36)15(5)21(33-24)9-23-16(6)25-29(35-23)26(28(17)34-22)27(30(25)37)31(38)39;/h8-11,14,17,27H,7H2,1-6H3,(H3,34,35,36,37,38,39);/q-2;+2/p-2/b22-8+,24-10-;/t14-,17-,27+;/m0./s1. The van der Waals surface area contributed by atoms with Crippen molar-refractivity contribution in [1.82, 2.24) is 15.0 Å². The summed E-state index contributed by atoms with van der Waals surface area (Å²) in [5.41, 5.74) is 8.31. The van der Waals surface area contributed by atoms with Crippen LogP contribution in [0.15, 0.2) is 11.4 Å². The average Bonchev–Trinajstić information content (AvgIpc) is 3.62. The van der Waals surface area contributed by atoms with Crippen molar-refractivity contribution in [2.45, 2.75) is 48.0 Å². The molecule has 2 aliphatic heterocycles. The molecule has 8 bridgehead atoms. The minimum absolute atomic E-state index is 0. The molecule has 200 valence electrons. The molecule has 0 spiro atoms. The van der Waals surface area contributed by atoms with Crippen molar-refractivity contribution in [2.75, 3.05) is 0 Å². The van der Waals surface area contributed by atoms with Crippen molar-refractivity contribution in [3.8, 4) is 0 Å². The number of hydrogen-bond donors (Lipinski definition) is 1. The number of ketones is 1. The molecule has 0 amide bonds. The number of carboxylic acid groups (broad SMARTS) is 1. The quantitative estimate of drug-likeness (QED) is 0.305. The van der Waals surface area contributed by atoms with Crippen molar-refractivity contribution >= 4 is 64.9 Å². The molecule has 1 fully saturated rings. The fourth-order valence-corrected chi connectivity index (χ4v) is 6.22. The Balaban J connectivity index is 0.00000323. The van der Waals surface area contributed by atoms with Crippen LogP contribution in [0.1, 0.15) is 86.0 Å². The topological polar surface area (TPSA) is 128 Å². The first-order valence-electron chi connectivity index (χ1n) is 13.1. The summed E-state index contributed by atoms with van der Waals surface area (Å²) in [6, 6.07) is 0. The normalized spacial score (nSPS) is 25.7. The maximum Gasteiger partial charge on any atom is 2.00 e. The van der Waals surface area contributed by atoms with Crippen LogP contribution in [0.3, 0.4) is 0 Å². The summed E-state index contributed by atoms with van der Waals surface area (Å²) in [6.07, 6.45) is 7.09. The molecule has 1 aliphatic carbocycles. The Morgan fingerprint density at radius 3 is 2.17 bits per heavy atom. The van der Waals surface area contributed by atoms with Crippen molar-refractivity contribution in [1.29, 1.82) is 0 Å². The van der Waals surface area contributed by atoms with Gasteiger partial charge in [-0.3, -0.25) is 14.4 Å². The molecular weight excluding hydrogens is 517 g/mol. The monoisotopic (exact) mass is 544 g/mol. The Kier molecular flexibility index (Phi) is 6.87. The number of rotatable bonds is 3. The van der Waals surface area contributed by atoms with Gasteiger partial charge in [-0.15, -0.1) is 33.5 Å². The SMILES string of the molecule is CC[C@@H]1/C2=C3/c4[n-]c(c(C)c4C(=O)[C@@H]3C(=O)O)/C=c3\[n-]/c(c(C=O)c3C)=C\c3[n-]c(c(C)c3C)/C=C(/[N-]2)[C@H]1C.[Mg+2]. The first-order valence-corrected chi connectivity index (χ1v) is 13.1. The van der Waals surface area contributed by atoms with Gasteiger partial charge in [0.05, 0.1) is 0 Å². The maximum absolute atomic E-state index is 13.6. The molecule has 0 saturated carbocycles. The predicted molar refractivity (Wildman–Crippen MR) is 152 cm³/mol. The van der Waals surface area contributed by atoms with Gasteiger partial charge in [-0.25, -0.2) is 0 Å². The van der Waals surface area contributed by atoms with E-state index in [9.17, 15) is 19.5 Å². The largest absolute Gasteiger partial charge is 2.00 e. The van der Waals surface area contributed by atoms with E-state index in [0.29, 0.717) is 55.6 Å². The fourth-order valence-electron chi connectivity index (χ4n) is 6.22. The van der Waals surface area contributed by atoms with Crippen LogP contribution in [0.25, 0.3) is 29.1 Å². The van der Waals surface area contributed by atoms with Crippen LogP contribution in [0, 0.1) is 45.4 Å². The first-order chi connectivity index (χ1) is 18.6. The number of carboxylic acids is 1. The second kappa shape index (κ2) is 9.81. The Bertz CT molecular complexity index is 1810. The Morgan fingerprint density at radius 2 is 1.55 bits per heavy atom. The van der Waals surface area contributed by atoms with Gasteiger partial charge in [0.2, 0.25) is 0 Å². The van der Waals surface area contributed by atoms with Gasteiger partial charge in [0.15, 0.2) is 5.78 Å². The number of hydrogen-bond acceptors (Lipinski definition) is 3. The molecule has 0 radical (unpaired) electrons. The first kappa shape index (κ1) is 28.0. The number of Topliss-reactive ketones (excluding diaryl/α,β-unsaturated/α-hetero) is 1. The number of carbonyl (C=O) groups is 3. The second-order valence-corrected chi connectivity index (χ2v) is 10.7. The van der Waals surface area contributed by atoms with E-state index in [1.807, 2.05) is 39.8 Å². The zero-order valence-corrected chi connectivity index (χ0v) is 24.8. The number of fused-ring (bicyclic) bond motifs is 7. The van der Waals surface area contributed by atoms with E-state index in [-0.39, 0.29) is 34.9 Å². The van der Waals surface area contributed by atoms with Crippen molar-refractivity contribution in [2.24, 2.45) is 17.8 Å². The third-order valence-corrected chi connectivity index (χ3v) is 8.74. The van der Waals surface area contributed by atoms with Gasteiger partial charge < -0.3 is 25.4 Å². The van der Waals surface area contributed by atoms with Gasteiger partial charge in [-0.2, -0.15) is 11.4 Å². The van der Waals surface area contributed by atoms with Crippen molar-refractivity contribution in [3.63, 3.8) is 0 Å². The number of aromatic nitrogens is 3. The van der Waals surface area contributed by atoms with E-state index in [1.54, 1.807) is 13.0 Å². The molecule has 3 aromatic heterocycles. The molecule has 5 heterocycles. The Labute approximate surface area is 247 Å². The third kappa shape index (κ3) is 3.82. The van der Waals surface area contributed by atoms with Gasteiger partial charge in [0.25, 0.3) is 0 Å². The zero-order valence-electron chi connectivity index (χ0n) is 23.4. The van der Waals surface area contributed by atoms with Crippen LogP contribution in [-0.4, -0.2) is 46.2 Å². The van der Waals surface area contributed by atoms with Gasteiger partial charge in [0.1, 0.15) is 12.2 Å². The molecule has 1 saturated heterocycles. The summed E-state index contributed by atoms with van der Waals surface area (Å²) in [6.45, 7) is 11.7. The molecule has 9 heteroatoms. The van der Waals surface area contributed by atoms with Gasteiger partial charge >= 0.3 is 29.0 Å². The summed E-state index contributed by atoms with van der Waals surface area (Å²) in [5.74, 6) is -3.08. The van der Waals surface area contributed by atoms with E-state index in [0.717, 1.165) is 40.9 Å². The molecule has 6 rings (SSSR count). The van der Waals surface area contributed by atoms with Crippen LogP contribution < -0.4 is 25.7 Å². The van der Waals surface area contributed by atoms with Gasteiger partial charge in [-0.05, 0) is 39.5 Å². The predicted octanol–water partition coefficient (Wildman–Crippen LogP) is 2.89. The second-order valence-electron chi connectivity index (χ2n) is 10.7. The van der Waals surface area contributed by atoms with Crippen LogP contribution in [0.5, 0.6) is 0 Å². The minimum Gasteiger partial charge on any atom is -0.664 e. The number of aldehydes is 1. The number of nitrogens with zero attached hydrogens (tertiary/aromatic N) is 4. The molecule has 40 heavy (non-hydrogen) atoms. The summed E-state index contributed by atoms with van der Waals surface area (Å²) < 4.78 is 0. The van der Waals surface area contributed by atoms with Gasteiger partial charge in [0, 0.05) is 11.1 Å². The summed E-state index contributed by atoms with van der Waals surface area (Å²) in [5, 5.41) is 16.2. The molecule has 0 unspecified atom stereocenters. The fraction of sp³-hybridized carbons (Fsp3) is 0.323. The number of carbonyl (C=O) groups excluding carboxylic acids is 2. The van der Waals surface area contributed by atoms with Crippen LogP contribution in [0.4, 0.5) is 0 Å². The van der Waals surface area contributed by atoms with Crippen LogP contribution in [0.2, 0.25) is 0 Å². The number of aliphatic carboxylic acids is 1. The Morgan fingerprint density at radius 1 is 0.925 bits per heavy atom. The van der Waals surface area contributed by atoms with Crippen LogP contribution >= 0.6 is 0 Å². The molecule has 0 aromatic carbocycles. The maximum atomic E-state index is 13.6. The summed E-state index contributed by atoms with van der Waals surface area (Å²) in [7, 11) is 0. The van der Waals surface area contributed by atoms with Crippen molar-refractivity contribution in [3.05, 3.63) is 83.6 Å². The van der Waals surface area contributed by atoms with Crippen LogP contribution in [-0.2, 0) is 4.79 Å². The Hall–Kier alpha value is -3.56. The minimum atomic E-state index is -1.34. The molecule has 3 aromatic rings. The third-order valence-electron chi connectivity index (χ3n) is 8.74. The summed E-state index contributed by atoms with van der Waals surface area (Å²) in [4.78, 5) is 52.5. The molecule has 8 nitrogen and oxygen atoms in total. The molecule has 3 aliphatic rings. The van der Waals surface area contributed by atoms with E-state index in [1.165, 1.54) is 0 Å². The molecular formula is C31H28MgN4O4-2.